The Morgan fingerprint density at radius 2 is 1.91 bits per heavy atom. The van der Waals surface area contributed by atoms with Crippen LogP contribution in [0.5, 0.6) is 0 Å². The van der Waals surface area contributed by atoms with E-state index >= 15 is 0 Å². The molecule has 1 aromatic heterocycles. The van der Waals surface area contributed by atoms with Crippen LogP contribution in [-0.2, 0) is 11.3 Å². The summed E-state index contributed by atoms with van der Waals surface area (Å²) in [4.78, 5) is 23.5. The van der Waals surface area contributed by atoms with E-state index in [0.29, 0.717) is 4.47 Å². The predicted molar refractivity (Wildman–Crippen MR) is 85.4 cm³/mol. The fraction of sp³-hybridized carbons (Fsp3) is 0.143. The predicted octanol–water partition coefficient (Wildman–Crippen LogP) is 3.86. The minimum atomic E-state index is -4.46. The zero-order valence-electron chi connectivity index (χ0n) is 11.4. The Morgan fingerprint density at radius 3 is 2.61 bits per heavy atom. The highest BCUT2D eigenvalue weighted by molar-refractivity contribution is 9.10. The van der Waals surface area contributed by atoms with Crippen LogP contribution in [-0.4, -0.2) is 16.0 Å². The van der Waals surface area contributed by atoms with Gasteiger partial charge in [-0.3, -0.25) is 9.59 Å². The maximum Gasteiger partial charge on any atom is 0.446 e. The molecule has 0 aliphatic heterocycles. The Bertz CT molecular complexity index is 777. The summed E-state index contributed by atoms with van der Waals surface area (Å²) in [5, 5.41) is 2.39. The number of para-hydroxylation sites is 1. The molecule has 2 aromatic rings. The molecule has 0 radical (unpaired) electrons. The van der Waals surface area contributed by atoms with Gasteiger partial charge in [-0.25, -0.2) is 0 Å². The monoisotopic (exact) mass is 406 g/mol. The first kappa shape index (κ1) is 17.6. The Morgan fingerprint density at radius 1 is 1.22 bits per heavy atom. The molecule has 2 rings (SSSR count). The molecule has 1 N–H and O–H groups in total. The molecule has 122 valence electrons. The second-order valence-electron chi connectivity index (χ2n) is 4.41. The van der Waals surface area contributed by atoms with Gasteiger partial charge in [-0.2, -0.15) is 13.2 Å². The largest absolute Gasteiger partial charge is 0.446 e. The van der Waals surface area contributed by atoms with Gasteiger partial charge in [0.15, 0.2) is 0 Å². The van der Waals surface area contributed by atoms with Crippen LogP contribution in [0.4, 0.5) is 18.9 Å². The van der Waals surface area contributed by atoms with Crippen LogP contribution < -0.4 is 10.9 Å². The topological polar surface area (TPSA) is 51.1 Å². The second-order valence-corrected chi connectivity index (χ2v) is 6.43. The number of hydrogen-bond donors (Lipinski definition) is 1. The first-order valence-corrected chi connectivity index (χ1v) is 7.86. The van der Waals surface area contributed by atoms with Gasteiger partial charge in [-0.15, -0.1) is 0 Å². The normalized spacial score (nSPS) is 11.3. The van der Waals surface area contributed by atoms with Crippen molar-refractivity contribution in [3.63, 3.8) is 0 Å². The Balaban J connectivity index is 2.15. The second kappa shape index (κ2) is 7.22. The lowest BCUT2D eigenvalue weighted by Gasteiger charge is -2.12. The van der Waals surface area contributed by atoms with Crippen molar-refractivity contribution < 1.29 is 18.0 Å². The van der Waals surface area contributed by atoms with Crippen molar-refractivity contribution >= 4 is 39.3 Å². The molecule has 4 nitrogen and oxygen atoms in total. The number of alkyl halides is 3. The molecule has 0 spiro atoms. The minimum absolute atomic E-state index is 0.0443. The van der Waals surface area contributed by atoms with Crippen molar-refractivity contribution in [1.29, 1.82) is 0 Å². The number of rotatable bonds is 4. The molecular formula is C14H10BrF3N2O2S. The van der Waals surface area contributed by atoms with Gasteiger partial charge in [-0.1, -0.05) is 12.1 Å². The summed E-state index contributed by atoms with van der Waals surface area (Å²) in [6.45, 7) is -0.302. The molecule has 0 saturated heterocycles. The highest BCUT2D eigenvalue weighted by Gasteiger charge is 2.30. The van der Waals surface area contributed by atoms with Gasteiger partial charge in [0.05, 0.1) is 5.69 Å². The van der Waals surface area contributed by atoms with E-state index in [1.54, 1.807) is 0 Å². The fourth-order valence-corrected chi connectivity index (χ4v) is 2.76. The molecule has 1 aromatic carbocycles. The highest BCUT2D eigenvalue weighted by atomic mass is 79.9. The number of halogens is 4. The lowest BCUT2D eigenvalue weighted by molar-refractivity contribution is -0.116. The van der Waals surface area contributed by atoms with Crippen LogP contribution in [0.25, 0.3) is 0 Å². The average molecular weight is 407 g/mol. The van der Waals surface area contributed by atoms with E-state index < -0.39 is 11.4 Å². The molecule has 23 heavy (non-hydrogen) atoms. The number of carbonyl (C=O) groups excluding carboxylic acids is 1. The molecule has 0 aliphatic rings. The lowest BCUT2D eigenvalue weighted by Crippen LogP contribution is -2.26. The third-order valence-electron chi connectivity index (χ3n) is 2.65. The summed E-state index contributed by atoms with van der Waals surface area (Å²) < 4.78 is 39.3. The quantitative estimate of drug-likeness (QED) is 0.784. The third-order valence-corrected chi connectivity index (χ3v) is 3.92. The fourth-order valence-electron chi connectivity index (χ4n) is 1.75. The van der Waals surface area contributed by atoms with E-state index in [9.17, 15) is 22.8 Å². The van der Waals surface area contributed by atoms with Gasteiger partial charge in [0, 0.05) is 21.6 Å². The highest BCUT2D eigenvalue weighted by Crippen LogP contribution is 2.40. The number of nitrogens with zero attached hydrogens (tertiary/aromatic N) is 1. The van der Waals surface area contributed by atoms with Crippen molar-refractivity contribution in [2.45, 2.75) is 16.9 Å². The molecule has 0 bridgehead atoms. The summed E-state index contributed by atoms with van der Waals surface area (Å²) in [6, 6.07) is 8.41. The summed E-state index contributed by atoms with van der Waals surface area (Å²) in [5.41, 5.74) is -4.80. The Kier molecular flexibility index (Phi) is 5.53. The summed E-state index contributed by atoms with van der Waals surface area (Å²) in [7, 11) is 0. The first-order chi connectivity index (χ1) is 10.7. The van der Waals surface area contributed by atoms with Crippen LogP contribution >= 0.6 is 27.7 Å². The first-order valence-electron chi connectivity index (χ1n) is 6.25. The number of hydrogen-bond acceptors (Lipinski definition) is 3. The van der Waals surface area contributed by atoms with Crippen LogP contribution in [0.1, 0.15) is 0 Å². The number of nitrogens with one attached hydrogen (secondary N) is 1. The number of anilines is 1. The van der Waals surface area contributed by atoms with E-state index in [-0.39, 0.29) is 34.4 Å². The van der Waals surface area contributed by atoms with Crippen LogP contribution in [0.2, 0.25) is 0 Å². The third kappa shape index (κ3) is 5.43. The molecule has 0 fully saturated rings. The average Bonchev–Trinajstić information content (AvgIpc) is 2.43. The number of benzene rings is 1. The molecule has 0 saturated carbocycles. The van der Waals surface area contributed by atoms with Crippen molar-refractivity contribution in [2.24, 2.45) is 0 Å². The molecule has 1 amide bonds. The van der Waals surface area contributed by atoms with Crippen LogP contribution in [0.15, 0.2) is 56.8 Å². The molecule has 0 atom stereocenters. The summed E-state index contributed by atoms with van der Waals surface area (Å²) >= 11 is 2.87. The number of thioether (sulfide) groups is 1. The van der Waals surface area contributed by atoms with E-state index in [2.05, 4.69) is 21.2 Å². The number of carbonyl (C=O) groups is 1. The molecule has 0 aliphatic carbocycles. The molecule has 0 unspecified atom stereocenters. The van der Waals surface area contributed by atoms with E-state index in [1.807, 2.05) is 0 Å². The zero-order chi connectivity index (χ0) is 17.0. The lowest BCUT2D eigenvalue weighted by atomic mass is 10.3. The molecular weight excluding hydrogens is 397 g/mol. The minimum Gasteiger partial charge on any atom is -0.324 e. The SMILES string of the molecule is O=C(Cn1cc(Br)ccc1=O)Nc1ccccc1SC(F)(F)F. The summed E-state index contributed by atoms with van der Waals surface area (Å²) in [5.74, 6) is -0.597. The van der Waals surface area contributed by atoms with Gasteiger partial charge in [-0.05, 0) is 45.9 Å². The van der Waals surface area contributed by atoms with Gasteiger partial charge < -0.3 is 9.88 Å². The Labute approximate surface area is 141 Å². The maximum absolute atomic E-state index is 12.5. The summed E-state index contributed by atoms with van der Waals surface area (Å²) in [6.07, 6.45) is 1.43. The van der Waals surface area contributed by atoms with Crippen molar-refractivity contribution in [1.82, 2.24) is 4.57 Å². The van der Waals surface area contributed by atoms with Gasteiger partial charge in [0.1, 0.15) is 6.54 Å². The Hall–Kier alpha value is -1.74. The zero-order valence-corrected chi connectivity index (χ0v) is 13.8. The van der Waals surface area contributed by atoms with Crippen molar-refractivity contribution in [2.75, 3.05) is 5.32 Å². The van der Waals surface area contributed by atoms with E-state index in [1.165, 1.54) is 42.6 Å². The van der Waals surface area contributed by atoms with Crippen molar-refractivity contribution in [3.05, 3.63) is 57.4 Å². The van der Waals surface area contributed by atoms with Gasteiger partial charge in [0.2, 0.25) is 5.91 Å². The molecule has 9 heteroatoms. The standard InChI is InChI=1S/C14H10BrF3N2O2S/c15-9-5-6-13(22)20(7-9)8-12(21)19-10-3-1-2-4-11(10)23-14(16,17)18/h1-7H,8H2,(H,19,21). The van der Waals surface area contributed by atoms with Crippen LogP contribution in [0, 0.1) is 0 Å². The van der Waals surface area contributed by atoms with E-state index in [4.69, 9.17) is 0 Å². The number of aromatic nitrogens is 1. The van der Waals surface area contributed by atoms with E-state index in [0.717, 1.165) is 4.57 Å². The maximum atomic E-state index is 12.5. The van der Waals surface area contributed by atoms with Gasteiger partial charge in [0.25, 0.3) is 5.56 Å². The van der Waals surface area contributed by atoms with Crippen LogP contribution in [0.3, 0.4) is 0 Å². The molecule has 1 heterocycles. The van der Waals surface area contributed by atoms with Crippen molar-refractivity contribution in [3.8, 4) is 0 Å². The number of pyridine rings is 1. The van der Waals surface area contributed by atoms with Gasteiger partial charge >= 0.3 is 5.51 Å². The number of amides is 1. The smallest absolute Gasteiger partial charge is 0.324 e.